The first-order chi connectivity index (χ1) is 14.2. The van der Waals surface area contributed by atoms with E-state index in [1.165, 1.54) is 17.4 Å². The van der Waals surface area contributed by atoms with Crippen LogP contribution in [0.3, 0.4) is 0 Å². The fourth-order valence-corrected chi connectivity index (χ4v) is 3.98. The SMILES string of the molecule is CCOC(=O)Cn1c(=NC(=O)c2cccc(C(F)(F)F)c2)sc2cc(CC)ccc21. The zero-order valence-corrected chi connectivity index (χ0v) is 17.1. The highest BCUT2D eigenvalue weighted by Crippen LogP contribution is 2.29. The molecule has 0 aliphatic heterocycles. The maximum Gasteiger partial charge on any atom is 0.416 e. The zero-order chi connectivity index (χ0) is 21.9. The van der Waals surface area contributed by atoms with Crippen LogP contribution in [-0.2, 0) is 28.7 Å². The largest absolute Gasteiger partial charge is 0.465 e. The molecule has 158 valence electrons. The first-order valence-electron chi connectivity index (χ1n) is 9.27. The van der Waals surface area contributed by atoms with E-state index in [9.17, 15) is 22.8 Å². The van der Waals surface area contributed by atoms with Crippen molar-refractivity contribution in [1.29, 1.82) is 0 Å². The summed E-state index contributed by atoms with van der Waals surface area (Å²) in [7, 11) is 0. The summed E-state index contributed by atoms with van der Waals surface area (Å²) in [5, 5.41) is 0. The van der Waals surface area contributed by atoms with Crippen molar-refractivity contribution < 1.29 is 27.5 Å². The van der Waals surface area contributed by atoms with Crippen LogP contribution in [0.5, 0.6) is 0 Å². The molecule has 0 atom stereocenters. The number of hydrogen-bond donors (Lipinski definition) is 0. The number of esters is 1. The third-order valence-electron chi connectivity index (χ3n) is 4.38. The van der Waals surface area contributed by atoms with Gasteiger partial charge in [0.1, 0.15) is 6.54 Å². The van der Waals surface area contributed by atoms with Gasteiger partial charge in [0.05, 0.1) is 22.4 Å². The second-order valence-corrected chi connectivity index (χ2v) is 7.44. The number of benzene rings is 2. The van der Waals surface area contributed by atoms with E-state index in [1.807, 2.05) is 25.1 Å². The van der Waals surface area contributed by atoms with Crippen LogP contribution < -0.4 is 4.80 Å². The fourth-order valence-electron chi connectivity index (χ4n) is 2.89. The summed E-state index contributed by atoms with van der Waals surface area (Å²) >= 11 is 1.19. The molecule has 0 N–H and O–H groups in total. The van der Waals surface area contributed by atoms with Gasteiger partial charge in [0.15, 0.2) is 4.80 Å². The van der Waals surface area contributed by atoms with Crippen LogP contribution in [0.15, 0.2) is 47.5 Å². The number of aryl methyl sites for hydroxylation is 1. The van der Waals surface area contributed by atoms with E-state index < -0.39 is 23.6 Å². The molecule has 0 aliphatic carbocycles. The van der Waals surface area contributed by atoms with Crippen LogP contribution in [0.2, 0.25) is 0 Å². The summed E-state index contributed by atoms with van der Waals surface area (Å²) in [6.45, 7) is 3.74. The molecule has 0 saturated heterocycles. The molecule has 9 heteroatoms. The minimum Gasteiger partial charge on any atom is -0.465 e. The van der Waals surface area contributed by atoms with Crippen molar-refractivity contribution in [2.24, 2.45) is 4.99 Å². The van der Waals surface area contributed by atoms with E-state index in [-0.39, 0.29) is 23.5 Å². The molecule has 5 nitrogen and oxygen atoms in total. The molecule has 0 unspecified atom stereocenters. The van der Waals surface area contributed by atoms with Gasteiger partial charge in [-0.3, -0.25) is 9.59 Å². The number of aromatic nitrogens is 1. The van der Waals surface area contributed by atoms with Crippen LogP contribution in [0.25, 0.3) is 10.2 Å². The van der Waals surface area contributed by atoms with Crippen LogP contribution >= 0.6 is 11.3 Å². The number of rotatable bonds is 5. The van der Waals surface area contributed by atoms with Crippen molar-refractivity contribution in [2.45, 2.75) is 33.0 Å². The Balaban J connectivity index is 2.10. The van der Waals surface area contributed by atoms with Gasteiger partial charge >= 0.3 is 12.1 Å². The van der Waals surface area contributed by atoms with Crippen molar-refractivity contribution in [3.63, 3.8) is 0 Å². The lowest BCUT2D eigenvalue weighted by Crippen LogP contribution is -2.23. The maximum atomic E-state index is 13.0. The summed E-state index contributed by atoms with van der Waals surface area (Å²) < 4.78 is 46.2. The first kappa shape index (κ1) is 21.8. The normalized spacial score (nSPS) is 12.4. The van der Waals surface area contributed by atoms with Gasteiger partial charge < -0.3 is 9.30 Å². The molecule has 2 aromatic carbocycles. The highest BCUT2D eigenvalue weighted by Gasteiger charge is 2.30. The number of fused-ring (bicyclic) bond motifs is 1. The van der Waals surface area contributed by atoms with E-state index in [0.29, 0.717) is 5.52 Å². The van der Waals surface area contributed by atoms with E-state index >= 15 is 0 Å². The van der Waals surface area contributed by atoms with Crippen molar-refractivity contribution in [3.05, 3.63) is 64.0 Å². The molecule has 0 aliphatic rings. The summed E-state index contributed by atoms with van der Waals surface area (Å²) in [4.78, 5) is 28.9. The number of hydrogen-bond acceptors (Lipinski definition) is 4. The number of thiazole rings is 1. The van der Waals surface area contributed by atoms with Crippen LogP contribution in [0.4, 0.5) is 13.2 Å². The molecule has 3 rings (SSSR count). The average Bonchev–Trinajstić information content (AvgIpc) is 3.03. The van der Waals surface area contributed by atoms with Gasteiger partial charge in [-0.2, -0.15) is 18.2 Å². The lowest BCUT2D eigenvalue weighted by atomic mass is 10.1. The fraction of sp³-hybridized carbons (Fsp3) is 0.286. The third kappa shape index (κ3) is 4.79. The molecule has 0 saturated carbocycles. The topological polar surface area (TPSA) is 60.7 Å². The van der Waals surface area contributed by atoms with Crippen LogP contribution in [-0.4, -0.2) is 23.1 Å². The number of halogens is 3. The van der Waals surface area contributed by atoms with E-state index in [1.54, 1.807) is 11.5 Å². The predicted octanol–water partition coefficient (Wildman–Crippen LogP) is 4.59. The Morgan fingerprint density at radius 1 is 1.13 bits per heavy atom. The first-order valence-corrected chi connectivity index (χ1v) is 10.1. The Morgan fingerprint density at radius 2 is 1.90 bits per heavy atom. The van der Waals surface area contributed by atoms with Gasteiger partial charge in [-0.05, 0) is 49.2 Å². The second kappa shape index (κ2) is 8.83. The zero-order valence-electron chi connectivity index (χ0n) is 16.3. The molecule has 1 heterocycles. The quantitative estimate of drug-likeness (QED) is 0.550. The Labute approximate surface area is 174 Å². The lowest BCUT2D eigenvalue weighted by Gasteiger charge is -2.07. The smallest absolute Gasteiger partial charge is 0.416 e. The molecule has 0 bridgehead atoms. The van der Waals surface area contributed by atoms with Gasteiger partial charge in [0.2, 0.25) is 0 Å². The second-order valence-electron chi connectivity index (χ2n) is 6.43. The molecular formula is C21H19F3N2O3S. The van der Waals surface area contributed by atoms with E-state index in [2.05, 4.69) is 4.99 Å². The molecule has 3 aromatic rings. The molecule has 0 fully saturated rings. The number of carbonyl (C=O) groups is 2. The summed E-state index contributed by atoms with van der Waals surface area (Å²) in [5.41, 5.74) is 0.662. The predicted molar refractivity (Wildman–Crippen MR) is 107 cm³/mol. The van der Waals surface area contributed by atoms with Gasteiger partial charge in [-0.1, -0.05) is 30.4 Å². The van der Waals surface area contributed by atoms with E-state index in [0.717, 1.165) is 34.9 Å². The Bertz CT molecular complexity index is 1160. The Morgan fingerprint density at radius 3 is 2.57 bits per heavy atom. The summed E-state index contributed by atoms with van der Waals surface area (Å²) in [6, 6.07) is 9.78. The van der Waals surface area contributed by atoms with Crippen LogP contribution in [0, 0.1) is 0 Å². The minimum atomic E-state index is -4.56. The lowest BCUT2D eigenvalue weighted by molar-refractivity contribution is -0.143. The van der Waals surface area contributed by atoms with E-state index in [4.69, 9.17) is 4.74 Å². The Hall–Kier alpha value is -2.94. The highest BCUT2D eigenvalue weighted by molar-refractivity contribution is 7.16. The summed E-state index contributed by atoms with van der Waals surface area (Å²) in [5.74, 6) is -1.31. The average molecular weight is 436 g/mol. The molecule has 0 radical (unpaired) electrons. The van der Waals surface area contributed by atoms with Crippen LogP contribution in [0.1, 0.15) is 35.3 Å². The van der Waals surface area contributed by atoms with Gasteiger partial charge in [-0.15, -0.1) is 0 Å². The number of ether oxygens (including phenoxy) is 1. The minimum absolute atomic E-state index is 0.159. The van der Waals surface area contributed by atoms with Gasteiger partial charge in [-0.25, -0.2) is 0 Å². The standard InChI is InChI=1S/C21H19F3N2O3S/c1-3-13-8-9-16-17(10-13)30-20(26(16)12-18(27)29-4-2)25-19(28)14-6-5-7-15(11-14)21(22,23)24/h5-11H,3-4,12H2,1-2H3. The number of nitrogens with zero attached hydrogens (tertiary/aromatic N) is 2. The number of amides is 1. The molecule has 0 spiro atoms. The number of carbonyl (C=O) groups excluding carboxylic acids is 2. The third-order valence-corrected chi connectivity index (χ3v) is 5.42. The molecular weight excluding hydrogens is 417 g/mol. The van der Waals surface area contributed by atoms with Crippen molar-refractivity contribution in [2.75, 3.05) is 6.61 Å². The highest BCUT2D eigenvalue weighted by atomic mass is 32.1. The van der Waals surface area contributed by atoms with Crippen molar-refractivity contribution in [1.82, 2.24) is 4.57 Å². The molecule has 30 heavy (non-hydrogen) atoms. The van der Waals surface area contributed by atoms with Crippen molar-refractivity contribution in [3.8, 4) is 0 Å². The summed E-state index contributed by atoms with van der Waals surface area (Å²) in [6.07, 6.45) is -3.75. The molecule has 1 amide bonds. The number of alkyl halides is 3. The van der Waals surface area contributed by atoms with Gasteiger partial charge in [0.25, 0.3) is 5.91 Å². The monoisotopic (exact) mass is 436 g/mol. The van der Waals surface area contributed by atoms with Gasteiger partial charge in [0, 0.05) is 5.56 Å². The Kier molecular flexibility index (Phi) is 6.40. The maximum absolute atomic E-state index is 13.0. The van der Waals surface area contributed by atoms with Crippen molar-refractivity contribution >= 4 is 33.4 Å². The molecule has 1 aromatic heterocycles.